The lowest BCUT2D eigenvalue weighted by Crippen LogP contribution is -2.45. The number of aromatic nitrogens is 4. The van der Waals surface area contributed by atoms with E-state index in [2.05, 4.69) is 46.4 Å². The average Bonchev–Trinajstić information content (AvgIpc) is 3.13. The number of carbonyl (C=O) groups excluding carboxylic acids is 1. The van der Waals surface area contributed by atoms with Gasteiger partial charge in [0.1, 0.15) is 0 Å². The Hall–Kier alpha value is -1.89. The summed E-state index contributed by atoms with van der Waals surface area (Å²) < 4.78 is 1.76. The van der Waals surface area contributed by atoms with Gasteiger partial charge in [-0.2, -0.15) is 4.68 Å². The highest BCUT2D eigenvalue weighted by atomic mass is 32.2. The number of hydrogen-bond donors (Lipinski definition) is 0. The van der Waals surface area contributed by atoms with Crippen molar-refractivity contribution in [3.63, 3.8) is 0 Å². The number of nitrogens with zero attached hydrogens (tertiary/aromatic N) is 5. The van der Waals surface area contributed by atoms with Crippen molar-refractivity contribution < 1.29 is 4.79 Å². The van der Waals surface area contributed by atoms with Crippen molar-refractivity contribution in [1.82, 2.24) is 25.1 Å². The number of para-hydroxylation sites is 1. The zero-order valence-electron chi connectivity index (χ0n) is 16.1. The van der Waals surface area contributed by atoms with E-state index in [4.69, 9.17) is 0 Å². The van der Waals surface area contributed by atoms with E-state index in [1.807, 2.05) is 6.07 Å². The third kappa shape index (κ3) is 3.88. The molecule has 2 aromatic rings. The SMILES string of the molecule is Cc1cccc(C)c1-n1nnnc1SCC(=O)N1CC[C@H]2CCCC[C@@H]2C1. The van der Waals surface area contributed by atoms with Crippen LogP contribution in [0.1, 0.15) is 43.2 Å². The van der Waals surface area contributed by atoms with Crippen molar-refractivity contribution in [2.45, 2.75) is 51.1 Å². The molecule has 1 aliphatic heterocycles. The standard InChI is InChI=1S/C20H27N5OS/c1-14-6-5-7-15(2)19(14)25-20(21-22-23-25)27-13-18(26)24-11-10-16-8-3-4-9-17(16)12-24/h5-7,16-17H,3-4,8-13H2,1-2H3/t16-,17-/m1/s1. The summed E-state index contributed by atoms with van der Waals surface area (Å²) >= 11 is 1.43. The van der Waals surface area contributed by atoms with Crippen LogP contribution in [0.25, 0.3) is 5.69 Å². The van der Waals surface area contributed by atoms with E-state index >= 15 is 0 Å². The summed E-state index contributed by atoms with van der Waals surface area (Å²) in [4.78, 5) is 14.8. The highest BCUT2D eigenvalue weighted by Gasteiger charge is 2.32. The smallest absolute Gasteiger partial charge is 0.233 e. The van der Waals surface area contributed by atoms with Gasteiger partial charge in [-0.15, -0.1) is 5.10 Å². The second-order valence-corrected chi connectivity index (χ2v) is 8.78. The topological polar surface area (TPSA) is 63.9 Å². The van der Waals surface area contributed by atoms with E-state index in [1.165, 1.54) is 43.9 Å². The second-order valence-electron chi connectivity index (χ2n) is 7.84. The molecular weight excluding hydrogens is 358 g/mol. The molecule has 1 saturated carbocycles. The summed E-state index contributed by atoms with van der Waals surface area (Å²) in [5.74, 6) is 2.15. The first-order valence-electron chi connectivity index (χ1n) is 9.89. The highest BCUT2D eigenvalue weighted by Crippen LogP contribution is 2.36. The Morgan fingerprint density at radius 3 is 2.67 bits per heavy atom. The molecule has 0 unspecified atom stereocenters. The molecule has 6 nitrogen and oxygen atoms in total. The van der Waals surface area contributed by atoms with E-state index in [0.29, 0.717) is 16.8 Å². The number of amides is 1. The number of rotatable bonds is 4. The number of carbonyl (C=O) groups is 1. The number of tetrazole rings is 1. The van der Waals surface area contributed by atoms with Gasteiger partial charge in [-0.05, 0) is 60.1 Å². The van der Waals surface area contributed by atoms with Crippen molar-refractivity contribution in [1.29, 1.82) is 0 Å². The Bertz CT molecular complexity index is 800. The molecule has 144 valence electrons. The van der Waals surface area contributed by atoms with Gasteiger partial charge in [-0.25, -0.2) is 0 Å². The second kappa shape index (κ2) is 8.00. The Morgan fingerprint density at radius 2 is 1.89 bits per heavy atom. The minimum atomic E-state index is 0.208. The Balaban J connectivity index is 1.41. The summed E-state index contributed by atoms with van der Waals surface area (Å²) in [5, 5.41) is 12.8. The molecule has 27 heavy (non-hydrogen) atoms. The first kappa shape index (κ1) is 18.5. The normalized spacial score (nSPS) is 22.5. The number of fused-ring (bicyclic) bond motifs is 1. The first-order valence-corrected chi connectivity index (χ1v) is 10.9. The van der Waals surface area contributed by atoms with Crippen LogP contribution in [0, 0.1) is 25.7 Å². The van der Waals surface area contributed by atoms with Crippen molar-refractivity contribution in [2.75, 3.05) is 18.8 Å². The van der Waals surface area contributed by atoms with Gasteiger partial charge in [-0.3, -0.25) is 4.79 Å². The zero-order chi connectivity index (χ0) is 18.8. The van der Waals surface area contributed by atoms with Crippen LogP contribution in [-0.2, 0) is 4.79 Å². The predicted molar refractivity (Wildman–Crippen MR) is 106 cm³/mol. The third-order valence-electron chi connectivity index (χ3n) is 6.06. The maximum atomic E-state index is 12.8. The molecule has 0 N–H and O–H groups in total. The molecule has 1 aromatic heterocycles. The molecule has 2 fully saturated rings. The molecule has 2 heterocycles. The van der Waals surface area contributed by atoms with Gasteiger partial charge in [0.2, 0.25) is 11.1 Å². The Labute approximate surface area is 164 Å². The van der Waals surface area contributed by atoms with Crippen molar-refractivity contribution >= 4 is 17.7 Å². The summed E-state index contributed by atoms with van der Waals surface area (Å²) in [6, 6.07) is 6.14. The lowest BCUT2D eigenvalue weighted by molar-refractivity contribution is -0.131. The molecule has 1 amide bonds. The lowest BCUT2D eigenvalue weighted by Gasteiger charge is -2.41. The molecule has 7 heteroatoms. The van der Waals surface area contributed by atoms with Crippen LogP contribution in [-0.4, -0.2) is 49.9 Å². The van der Waals surface area contributed by atoms with E-state index in [0.717, 1.165) is 35.8 Å². The van der Waals surface area contributed by atoms with Crippen LogP contribution in [0.5, 0.6) is 0 Å². The number of benzene rings is 1. The van der Waals surface area contributed by atoms with Gasteiger partial charge in [0, 0.05) is 13.1 Å². The van der Waals surface area contributed by atoms with E-state index in [-0.39, 0.29) is 5.91 Å². The van der Waals surface area contributed by atoms with Gasteiger partial charge in [-0.1, -0.05) is 49.2 Å². The summed E-state index contributed by atoms with van der Waals surface area (Å²) in [5.41, 5.74) is 3.24. The monoisotopic (exact) mass is 385 g/mol. The largest absolute Gasteiger partial charge is 0.342 e. The highest BCUT2D eigenvalue weighted by molar-refractivity contribution is 7.99. The van der Waals surface area contributed by atoms with Crippen LogP contribution in [0.15, 0.2) is 23.4 Å². The molecule has 0 bridgehead atoms. The van der Waals surface area contributed by atoms with Crippen LogP contribution in [0.2, 0.25) is 0 Å². The Morgan fingerprint density at radius 1 is 1.15 bits per heavy atom. The van der Waals surface area contributed by atoms with Crippen LogP contribution in [0.3, 0.4) is 0 Å². The maximum Gasteiger partial charge on any atom is 0.233 e. The predicted octanol–water partition coefficient (Wildman–Crippen LogP) is 3.41. The fraction of sp³-hybridized carbons (Fsp3) is 0.600. The fourth-order valence-electron chi connectivity index (χ4n) is 4.59. The molecule has 2 atom stereocenters. The van der Waals surface area contributed by atoms with E-state index < -0.39 is 0 Å². The van der Waals surface area contributed by atoms with Crippen LogP contribution < -0.4 is 0 Å². The minimum absolute atomic E-state index is 0.208. The van der Waals surface area contributed by atoms with Crippen LogP contribution in [0.4, 0.5) is 0 Å². The molecule has 4 rings (SSSR count). The maximum absolute atomic E-state index is 12.8. The molecular formula is C20H27N5OS. The molecule has 1 saturated heterocycles. The zero-order valence-corrected chi connectivity index (χ0v) is 16.9. The van der Waals surface area contributed by atoms with Crippen molar-refractivity contribution in [2.24, 2.45) is 11.8 Å². The minimum Gasteiger partial charge on any atom is -0.342 e. The number of piperidine rings is 1. The fourth-order valence-corrected chi connectivity index (χ4v) is 5.37. The molecule has 0 radical (unpaired) electrons. The number of aryl methyl sites for hydroxylation is 2. The van der Waals surface area contributed by atoms with E-state index in [9.17, 15) is 4.79 Å². The lowest BCUT2D eigenvalue weighted by atomic mass is 9.75. The molecule has 0 spiro atoms. The van der Waals surface area contributed by atoms with Gasteiger partial charge in [0.25, 0.3) is 0 Å². The van der Waals surface area contributed by atoms with Crippen molar-refractivity contribution in [3.8, 4) is 5.69 Å². The summed E-state index contributed by atoms with van der Waals surface area (Å²) in [6.45, 7) is 5.95. The summed E-state index contributed by atoms with van der Waals surface area (Å²) in [7, 11) is 0. The van der Waals surface area contributed by atoms with Gasteiger partial charge < -0.3 is 4.90 Å². The first-order chi connectivity index (χ1) is 13.1. The molecule has 2 aliphatic rings. The molecule has 1 aliphatic carbocycles. The van der Waals surface area contributed by atoms with Gasteiger partial charge in [0.15, 0.2) is 0 Å². The molecule has 1 aromatic carbocycles. The third-order valence-corrected chi connectivity index (χ3v) is 6.96. The number of hydrogen-bond acceptors (Lipinski definition) is 5. The van der Waals surface area contributed by atoms with E-state index in [1.54, 1.807) is 4.68 Å². The van der Waals surface area contributed by atoms with Crippen molar-refractivity contribution in [3.05, 3.63) is 29.3 Å². The van der Waals surface area contributed by atoms with Gasteiger partial charge >= 0.3 is 0 Å². The van der Waals surface area contributed by atoms with Crippen LogP contribution >= 0.6 is 11.8 Å². The van der Waals surface area contributed by atoms with Gasteiger partial charge in [0.05, 0.1) is 11.4 Å². The Kier molecular flexibility index (Phi) is 5.48. The number of thioether (sulfide) groups is 1. The average molecular weight is 386 g/mol. The summed E-state index contributed by atoms with van der Waals surface area (Å²) in [6.07, 6.45) is 6.49. The number of likely N-dealkylation sites (tertiary alicyclic amines) is 1. The quantitative estimate of drug-likeness (QED) is 0.755.